The van der Waals surface area contributed by atoms with Gasteiger partial charge in [0.25, 0.3) is 5.56 Å². The van der Waals surface area contributed by atoms with E-state index in [4.69, 9.17) is 9.15 Å². The number of aromatic nitrogens is 1. The van der Waals surface area contributed by atoms with Crippen molar-refractivity contribution >= 4 is 33.6 Å². The Morgan fingerprint density at radius 3 is 2.50 bits per heavy atom. The predicted octanol–water partition coefficient (Wildman–Crippen LogP) is 5.59. The third kappa shape index (κ3) is 6.06. The van der Waals surface area contributed by atoms with Crippen LogP contribution in [0.4, 0.5) is 17.6 Å². The standard InChI is InChI=1S/C30H23F4NO6S/c31-19-7-3-5-17(13-19)15-35-23-10-2-1-9-22(23)25-24(28(35)38)26(40-12-11-20(37)16-36)27(29(39)41-25)42-21-8-4-6-18(14-21)30(32,33)34/h1-10,13-14,20,36-37H,11-12,15-16H2. The summed E-state index contributed by atoms with van der Waals surface area (Å²) in [6.45, 7) is -0.852. The number of pyridine rings is 1. The van der Waals surface area contributed by atoms with Gasteiger partial charge in [-0.25, -0.2) is 9.18 Å². The zero-order chi connectivity index (χ0) is 30.0. The summed E-state index contributed by atoms with van der Waals surface area (Å²) in [6.07, 6.45) is -5.85. The molecule has 0 aliphatic rings. The van der Waals surface area contributed by atoms with Crippen LogP contribution in [0.15, 0.2) is 96.6 Å². The van der Waals surface area contributed by atoms with E-state index in [0.717, 1.165) is 12.1 Å². The Morgan fingerprint density at radius 1 is 1.00 bits per heavy atom. The molecule has 0 saturated heterocycles. The van der Waals surface area contributed by atoms with E-state index in [1.807, 2.05) is 0 Å². The number of alkyl halides is 3. The summed E-state index contributed by atoms with van der Waals surface area (Å²) in [5, 5.41) is 19.2. The van der Waals surface area contributed by atoms with Gasteiger partial charge < -0.3 is 23.9 Å². The number of aliphatic hydroxyl groups is 2. The van der Waals surface area contributed by atoms with Gasteiger partial charge in [0.05, 0.1) is 36.9 Å². The van der Waals surface area contributed by atoms with Crippen LogP contribution in [-0.2, 0) is 12.7 Å². The molecule has 3 aromatic carbocycles. The predicted molar refractivity (Wildman–Crippen MR) is 149 cm³/mol. The quantitative estimate of drug-likeness (QED) is 0.168. The molecular formula is C30H23F4NO6S. The lowest BCUT2D eigenvalue weighted by atomic mass is 10.1. The number of nitrogens with zero attached hydrogens (tertiary/aromatic N) is 1. The van der Waals surface area contributed by atoms with Gasteiger partial charge in [-0.2, -0.15) is 13.2 Å². The average Bonchev–Trinajstić information content (AvgIpc) is 2.96. The van der Waals surface area contributed by atoms with E-state index in [0.29, 0.717) is 28.2 Å². The fraction of sp³-hybridized carbons (Fsp3) is 0.200. The minimum absolute atomic E-state index is 0.0394. The van der Waals surface area contributed by atoms with Crippen LogP contribution >= 0.6 is 11.8 Å². The molecule has 2 N–H and O–H groups in total. The first-order valence-electron chi connectivity index (χ1n) is 12.7. The topological polar surface area (TPSA) is 102 Å². The second-order valence-electron chi connectivity index (χ2n) is 9.39. The van der Waals surface area contributed by atoms with Crippen LogP contribution in [0.2, 0.25) is 0 Å². The summed E-state index contributed by atoms with van der Waals surface area (Å²) in [5.74, 6) is -0.736. The molecule has 0 saturated carbocycles. The van der Waals surface area contributed by atoms with E-state index in [1.54, 1.807) is 30.3 Å². The van der Waals surface area contributed by atoms with Gasteiger partial charge in [-0.3, -0.25) is 4.79 Å². The SMILES string of the molecule is O=c1oc2c(c(OCCC(O)CO)c1Sc1cccc(C(F)(F)F)c1)c(=O)n(Cc1cccc(F)c1)c1ccccc21. The number of benzene rings is 3. The molecule has 0 aliphatic carbocycles. The van der Waals surface area contributed by atoms with E-state index < -0.39 is 41.5 Å². The van der Waals surface area contributed by atoms with Gasteiger partial charge in [0, 0.05) is 16.7 Å². The number of halogens is 4. The second-order valence-corrected chi connectivity index (χ2v) is 10.5. The van der Waals surface area contributed by atoms with Crippen molar-refractivity contribution in [3.63, 3.8) is 0 Å². The van der Waals surface area contributed by atoms with Crippen molar-refractivity contribution < 1.29 is 36.9 Å². The molecule has 1 unspecified atom stereocenters. The van der Waals surface area contributed by atoms with Crippen molar-refractivity contribution in [3.05, 3.63) is 111 Å². The van der Waals surface area contributed by atoms with Crippen LogP contribution in [-0.4, -0.2) is 34.1 Å². The summed E-state index contributed by atoms with van der Waals surface area (Å²) in [4.78, 5) is 27.2. The van der Waals surface area contributed by atoms with Crippen molar-refractivity contribution in [1.82, 2.24) is 4.57 Å². The first kappa shape index (κ1) is 29.4. The summed E-state index contributed by atoms with van der Waals surface area (Å²) < 4.78 is 67.0. The number of hydrogen-bond donors (Lipinski definition) is 2. The molecule has 0 aliphatic heterocycles. The maximum absolute atomic E-state index is 14.1. The van der Waals surface area contributed by atoms with Crippen molar-refractivity contribution in [3.8, 4) is 5.75 Å². The number of rotatable bonds is 9. The Balaban J connectivity index is 1.76. The normalized spacial score (nSPS) is 12.6. The molecule has 5 aromatic rings. The minimum Gasteiger partial charge on any atom is -0.491 e. The highest BCUT2D eigenvalue weighted by Gasteiger charge is 2.31. The molecular weight excluding hydrogens is 578 g/mol. The van der Waals surface area contributed by atoms with Gasteiger partial charge >= 0.3 is 11.8 Å². The smallest absolute Gasteiger partial charge is 0.416 e. The van der Waals surface area contributed by atoms with E-state index in [2.05, 4.69) is 0 Å². The summed E-state index contributed by atoms with van der Waals surface area (Å²) >= 11 is 0.636. The lowest BCUT2D eigenvalue weighted by molar-refractivity contribution is -0.137. The van der Waals surface area contributed by atoms with E-state index in [1.165, 1.54) is 34.9 Å². The van der Waals surface area contributed by atoms with Crippen LogP contribution in [0.5, 0.6) is 5.75 Å². The fourth-order valence-electron chi connectivity index (χ4n) is 4.47. The number of hydrogen-bond acceptors (Lipinski definition) is 7. The molecule has 0 amide bonds. The molecule has 5 rings (SSSR count). The maximum atomic E-state index is 14.1. The highest BCUT2D eigenvalue weighted by molar-refractivity contribution is 7.99. The Hall–Kier alpha value is -4.13. The summed E-state index contributed by atoms with van der Waals surface area (Å²) in [6, 6.07) is 16.6. The Labute approximate surface area is 239 Å². The molecule has 0 spiro atoms. The van der Waals surface area contributed by atoms with Gasteiger partial charge in [0.1, 0.15) is 16.1 Å². The zero-order valence-electron chi connectivity index (χ0n) is 21.7. The largest absolute Gasteiger partial charge is 0.491 e. The van der Waals surface area contributed by atoms with Crippen LogP contribution < -0.4 is 15.9 Å². The van der Waals surface area contributed by atoms with E-state index in [9.17, 15) is 37.4 Å². The van der Waals surface area contributed by atoms with Crippen molar-refractivity contribution in [2.45, 2.75) is 35.0 Å². The maximum Gasteiger partial charge on any atom is 0.416 e. The van der Waals surface area contributed by atoms with Gasteiger partial charge in [-0.05, 0) is 48.0 Å². The zero-order valence-corrected chi connectivity index (χ0v) is 22.5. The fourth-order valence-corrected chi connectivity index (χ4v) is 5.42. The number of fused-ring (bicyclic) bond motifs is 3. The molecule has 1 atom stereocenters. The molecule has 7 nitrogen and oxygen atoms in total. The third-order valence-electron chi connectivity index (χ3n) is 6.46. The molecule has 218 valence electrons. The lowest BCUT2D eigenvalue weighted by Crippen LogP contribution is -2.24. The highest BCUT2D eigenvalue weighted by Crippen LogP contribution is 2.40. The van der Waals surface area contributed by atoms with Gasteiger partial charge in [0.2, 0.25) is 0 Å². The van der Waals surface area contributed by atoms with Crippen LogP contribution in [0.3, 0.4) is 0 Å². The van der Waals surface area contributed by atoms with Gasteiger partial charge in [0.15, 0.2) is 11.3 Å². The number of ether oxygens (including phenoxy) is 1. The van der Waals surface area contributed by atoms with Crippen molar-refractivity contribution in [2.75, 3.05) is 13.2 Å². The van der Waals surface area contributed by atoms with Crippen molar-refractivity contribution in [1.29, 1.82) is 0 Å². The first-order valence-corrected chi connectivity index (χ1v) is 13.5. The minimum atomic E-state index is -4.63. The van der Waals surface area contributed by atoms with Crippen LogP contribution in [0, 0.1) is 5.82 Å². The number of para-hydroxylation sites is 1. The molecule has 2 heterocycles. The first-order chi connectivity index (χ1) is 20.1. The van der Waals surface area contributed by atoms with Gasteiger partial charge in [-0.1, -0.05) is 42.1 Å². The third-order valence-corrected chi connectivity index (χ3v) is 7.50. The summed E-state index contributed by atoms with van der Waals surface area (Å²) in [7, 11) is 0. The molecule has 0 bridgehead atoms. The Morgan fingerprint density at radius 2 is 1.76 bits per heavy atom. The monoisotopic (exact) mass is 601 g/mol. The van der Waals surface area contributed by atoms with Crippen molar-refractivity contribution in [2.24, 2.45) is 0 Å². The molecule has 0 fully saturated rings. The van der Waals surface area contributed by atoms with Crippen LogP contribution in [0.1, 0.15) is 17.5 Å². The lowest BCUT2D eigenvalue weighted by Gasteiger charge is -2.17. The molecule has 42 heavy (non-hydrogen) atoms. The van der Waals surface area contributed by atoms with E-state index >= 15 is 0 Å². The molecule has 2 aromatic heterocycles. The highest BCUT2D eigenvalue weighted by atomic mass is 32.2. The molecule has 12 heteroatoms. The average molecular weight is 602 g/mol. The number of aliphatic hydroxyl groups excluding tert-OH is 2. The Kier molecular flexibility index (Phi) is 8.39. The Bertz CT molecular complexity index is 1890. The summed E-state index contributed by atoms with van der Waals surface area (Å²) in [5.41, 5.74) is -1.76. The molecule has 0 radical (unpaired) electrons. The second kappa shape index (κ2) is 12.0. The van der Waals surface area contributed by atoms with Gasteiger partial charge in [-0.15, -0.1) is 0 Å². The van der Waals surface area contributed by atoms with E-state index in [-0.39, 0.29) is 46.1 Å². The van der Waals surface area contributed by atoms with Crippen LogP contribution in [0.25, 0.3) is 21.9 Å².